The molecule has 172 valence electrons. The van der Waals surface area contributed by atoms with Crippen LogP contribution >= 0.6 is 11.8 Å². The van der Waals surface area contributed by atoms with Gasteiger partial charge in [0.2, 0.25) is 5.91 Å². The third kappa shape index (κ3) is 5.44. The molecule has 0 saturated heterocycles. The van der Waals surface area contributed by atoms with Crippen LogP contribution in [0.5, 0.6) is 5.75 Å². The standard InChI is InChI=1S/C25H23N5O3S/c1-17-11-13-18(14-12-17)24(32)28-26-22(31)16-34-25-29-27-23(19-7-6-10-21(15-19)33-2)30(25)20-8-4-3-5-9-20/h3-15H,16H2,1-2H3,(H,26,31)(H,28,32). The average Bonchev–Trinajstić information content (AvgIpc) is 3.31. The van der Waals surface area contributed by atoms with E-state index in [-0.39, 0.29) is 17.6 Å². The van der Waals surface area contributed by atoms with Crippen molar-refractivity contribution < 1.29 is 14.3 Å². The van der Waals surface area contributed by atoms with Crippen LogP contribution in [0.2, 0.25) is 0 Å². The minimum atomic E-state index is -0.383. The van der Waals surface area contributed by atoms with Crippen molar-refractivity contribution in [1.82, 2.24) is 25.6 Å². The molecule has 4 rings (SSSR count). The number of benzene rings is 3. The maximum atomic E-state index is 12.4. The predicted octanol–water partition coefficient (Wildman–Crippen LogP) is 3.80. The summed E-state index contributed by atoms with van der Waals surface area (Å²) in [5.74, 6) is 0.623. The number of amides is 2. The van der Waals surface area contributed by atoms with Gasteiger partial charge in [-0.3, -0.25) is 25.0 Å². The second-order valence-corrected chi connectivity index (χ2v) is 8.31. The summed E-state index contributed by atoms with van der Waals surface area (Å²) in [7, 11) is 1.61. The van der Waals surface area contributed by atoms with E-state index in [4.69, 9.17) is 4.74 Å². The molecule has 0 unspecified atom stereocenters. The van der Waals surface area contributed by atoms with E-state index >= 15 is 0 Å². The summed E-state index contributed by atoms with van der Waals surface area (Å²) in [5.41, 5.74) is 8.09. The number of aryl methyl sites for hydroxylation is 1. The third-order valence-corrected chi connectivity index (χ3v) is 5.87. The van der Waals surface area contributed by atoms with Gasteiger partial charge < -0.3 is 4.74 Å². The second-order valence-electron chi connectivity index (χ2n) is 7.37. The number of carbonyl (C=O) groups is 2. The van der Waals surface area contributed by atoms with Crippen LogP contribution in [0.4, 0.5) is 0 Å². The molecular formula is C25H23N5O3S. The number of nitrogens with one attached hydrogen (secondary N) is 2. The van der Waals surface area contributed by atoms with Crippen molar-refractivity contribution in [2.75, 3.05) is 12.9 Å². The zero-order chi connectivity index (χ0) is 23.9. The van der Waals surface area contributed by atoms with Gasteiger partial charge >= 0.3 is 0 Å². The highest BCUT2D eigenvalue weighted by molar-refractivity contribution is 7.99. The van der Waals surface area contributed by atoms with Crippen LogP contribution in [0, 0.1) is 6.92 Å². The number of aromatic nitrogens is 3. The van der Waals surface area contributed by atoms with E-state index in [1.54, 1.807) is 19.2 Å². The fourth-order valence-electron chi connectivity index (χ4n) is 3.19. The van der Waals surface area contributed by atoms with Crippen molar-refractivity contribution in [3.05, 3.63) is 90.0 Å². The van der Waals surface area contributed by atoms with Gasteiger partial charge in [0.1, 0.15) is 5.75 Å². The Labute approximate surface area is 201 Å². The molecule has 0 spiro atoms. The Hall–Kier alpha value is -4.11. The number of methoxy groups -OCH3 is 1. The predicted molar refractivity (Wildman–Crippen MR) is 131 cm³/mol. The van der Waals surface area contributed by atoms with E-state index in [1.807, 2.05) is 78.2 Å². The molecule has 0 aliphatic heterocycles. The first-order chi connectivity index (χ1) is 16.5. The van der Waals surface area contributed by atoms with Gasteiger partial charge in [0.05, 0.1) is 12.9 Å². The topological polar surface area (TPSA) is 98.1 Å². The molecule has 2 amide bonds. The van der Waals surface area contributed by atoms with Crippen LogP contribution in [0.3, 0.4) is 0 Å². The number of carbonyl (C=O) groups excluding carboxylic acids is 2. The molecule has 0 aliphatic rings. The van der Waals surface area contributed by atoms with Crippen molar-refractivity contribution in [1.29, 1.82) is 0 Å². The van der Waals surface area contributed by atoms with Crippen molar-refractivity contribution in [3.8, 4) is 22.8 Å². The quantitative estimate of drug-likeness (QED) is 0.313. The summed E-state index contributed by atoms with van der Waals surface area (Å²) in [6.45, 7) is 1.94. The molecule has 0 atom stereocenters. The fraction of sp³-hybridized carbons (Fsp3) is 0.120. The van der Waals surface area contributed by atoms with Crippen LogP contribution in [-0.4, -0.2) is 39.4 Å². The molecule has 8 nitrogen and oxygen atoms in total. The molecule has 34 heavy (non-hydrogen) atoms. The Morgan fingerprint density at radius 2 is 1.71 bits per heavy atom. The molecule has 9 heteroatoms. The SMILES string of the molecule is COc1cccc(-c2nnc(SCC(=O)NNC(=O)c3ccc(C)cc3)n2-c2ccccc2)c1. The Morgan fingerprint density at radius 1 is 0.941 bits per heavy atom. The second kappa shape index (κ2) is 10.7. The van der Waals surface area contributed by atoms with Gasteiger partial charge in [0, 0.05) is 16.8 Å². The lowest BCUT2D eigenvalue weighted by molar-refractivity contribution is -0.119. The Morgan fingerprint density at radius 3 is 2.44 bits per heavy atom. The number of nitrogens with zero attached hydrogens (tertiary/aromatic N) is 3. The molecule has 4 aromatic rings. The van der Waals surface area contributed by atoms with Gasteiger partial charge in [-0.1, -0.05) is 59.8 Å². The summed E-state index contributed by atoms with van der Waals surface area (Å²) in [6, 6.07) is 24.3. The zero-order valence-corrected chi connectivity index (χ0v) is 19.5. The first-order valence-electron chi connectivity index (χ1n) is 10.5. The van der Waals surface area contributed by atoms with E-state index in [1.165, 1.54) is 11.8 Å². The maximum Gasteiger partial charge on any atom is 0.269 e. The van der Waals surface area contributed by atoms with Crippen LogP contribution in [0.25, 0.3) is 17.1 Å². The van der Waals surface area contributed by atoms with Crippen molar-refractivity contribution in [2.24, 2.45) is 0 Å². The first kappa shape index (κ1) is 23.1. The summed E-state index contributed by atoms with van der Waals surface area (Å²) < 4.78 is 7.23. The summed E-state index contributed by atoms with van der Waals surface area (Å²) in [4.78, 5) is 24.6. The molecule has 0 fully saturated rings. The number of ether oxygens (including phenoxy) is 1. The Bertz CT molecular complexity index is 1290. The molecule has 2 N–H and O–H groups in total. The molecule has 0 aliphatic carbocycles. The number of hydrogen-bond donors (Lipinski definition) is 2. The largest absolute Gasteiger partial charge is 0.497 e. The monoisotopic (exact) mass is 473 g/mol. The Kier molecular flexibility index (Phi) is 7.24. The molecule has 0 bridgehead atoms. The zero-order valence-electron chi connectivity index (χ0n) is 18.7. The number of thioether (sulfide) groups is 1. The molecular weight excluding hydrogens is 450 g/mol. The van der Waals surface area contributed by atoms with Crippen molar-refractivity contribution in [2.45, 2.75) is 12.1 Å². The summed E-state index contributed by atoms with van der Waals surface area (Å²) >= 11 is 1.22. The van der Waals surface area contributed by atoms with Gasteiger partial charge in [-0.05, 0) is 43.3 Å². The highest BCUT2D eigenvalue weighted by atomic mass is 32.2. The number of para-hydroxylation sites is 1. The van der Waals surface area contributed by atoms with Crippen molar-refractivity contribution >= 4 is 23.6 Å². The fourth-order valence-corrected chi connectivity index (χ4v) is 3.94. The van der Waals surface area contributed by atoms with E-state index in [0.29, 0.717) is 22.3 Å². The summed E-state index contributed by atoms with van der Waals surface area (Å²) in [5, 5.41) is 9.23. The number of hydrogen-bond acceptors (Lipinski definition) is 6. The van der Waals surface area contributed by atoms with Gasteiger partial charge in [0.25, 0.3) is 5.91 Å². The lowest BCUT2D eigenvalue weighted by atomic mass is 10.1. The molecule has 1 heterocycles. The van der Waals surface area contributed by atoms with Gasteiger partial charge in [-0.25, -0.2) is 0 Å². The molecule has 3 aromatic carbocycles. The van der Waals surface area contributed by atoms with Gasteiger partial charge in [0.15, 0.2) is 11.0 Å². The lowest BCUT2D eigenvalue weighted by Crippen LogP contribution is -2.42. The first-order valence-corrected chi connectivity index (χ1v) is 11.5. The summed E-state index contributed by atoms with van der Waals surface area (Å²) in [6.07, 6.45) is 0. The highest BCUT2D eigenvalue weighted by Crippen LogP contribution is 2.29. The van der Waals surface area contributed by atoms with Crippen LogP contribution in [0.1, 0.15) is 15.9 Å². The van der Waals surface area contributed by atoms with Crippen molar-refractivity contribution in [3.63, 3.8) is 0 Å². The Balaban J connectivity index is 1.48. The van der Waals surface area contributed by atoms with E-state index < -0.39 is 0 Å². The normalized spacial score (nSPS) is 10.5. The van der Waals surface area contributed by atoms with E-state index in [2.05, 4.69) is 21.0 Å². The van der Waals surface area contributed by atoms with E-state index in [0.717, 1.165) is 16.8 Å². The number of rotatable bonds is 7. The van der Waals surface area contributed by atoms with Gasteiger partial charge in [-0.2, -0.15) is 0 Å². The van der Waals surface area contributed by atoms with Crippen LogP contribution < -0.4 is 15.6 Å². The minimum absolute atomic E-state index is 0.0389. The third-order valence-electron chi connectivity index (χ3n) is 4.94. The maximum absolute atomic E-state index is 12.4. The molecule has 1 aromatic heterocycles. The smallest absolute Gasteiger partial charge is 0.269 e. The molecule has 0 radical (unpaired) electrons. The van der Waals surface area contributed by atoms with Crippen LogP contribution in [-0.2, 0) is 4.79 Å². The minimum Gasteiger partial charge on any atom is -0.497 e. The van der Waals surface area contributed by atoms with Gasteiger partial charge in [-0.15, -0.1) is 10.2 Å². The van der Waals surface area contributed by atoms with E-state index in [9.17, 15) is 9.59 Å². The average molecular weight is 474 g/mol. The molecule has 0 saturated carbocycles. The lowest BCUT2D eigenvalue weighted by Gasteiger charge is -2.11. The number of hydrazine groups is 1. The highest BCUT2D eigenvalue weighted by Gasteiger charge is 2.18. The van der Waals surface area contributed by atoms with Crippen LogP contribution in [0.15, 0.2) is 84.0 Å².